The second-order valence-corrected chi connectivity index (χ2v) is 7.04. The Morgan fingerprint density at radius 3 is 2.79 bits per heavy atom. The van der Waals surface area contributed by atoms with Gasteiger partial charge in [-0.05, 0) is 18.2 Å². The fourth-order valence-corrected chi connectivity index (χ4v) is 3.50. The highest BCUT2D eigenvalue weighted by Crippen LogP contribution is 2.30. The van der Waals surface area contributed by atoms with Gasteiger partial charge in [-0.25, -0.2) is 9.66 Å². The van der Waals surface area contributed by atoms with Gasteiger partial charge >= 0.3 is 0 Å². The van der Waals surface area contributed by atoms with Gasteiger partial charge in [0.05, 0.1) is 17.3 Å². The van der Waals surface area contributed by atoms with Crippen LogP contribution in [0.15, 0.2) is 54.6 Å². The van der Waals surface area contributed by atoms with Crippen molar-refractivity contribution in [1.82, 2.24) is 9.66 Å². The van der Waals surface area contributed by atoms with Crippen LogP contribution in [0.4, 0.5) is 11.6 Å². The molecule has 1 unspecified atom stereocenters. The smallest absolute Gasteiger partial charge is 0.242 e. The molecule has 0 radical (unpaired) electrons. The first-order chi connectivity index (χ1) is 13.5. The predicted octanol–water partition coefficient (Wildman–Crippen LogP) is 3.06. The average molecular weight is 396 g/mol. The molecule has 2 heterocycles. The van der Waals surface area contributed by atoms with Crippen molar-refractivity contribution in [2.45, 2.75) is 12.8 Å². The van der Waals surface area contributed by atoms with Gasteiger partial charge in [0.2, 0.25) is 17.8 Å². The molecule has 0 aliphatic carbocycles. The number of halogens is 1. The Hall–Kier alpha value is -3.32. The number of anilines is 2. The lowest BCUT2D eigenvalue weighted by molar-refractivity contribution is -0.126. The van der Waals surface area contributed by atoms with E-state index < -0.39 is 5.92 Å². The van der Waals surface area contributed by atoms with E-state index in [1.807, 2.05) is 30.3 Å². The van der Waals surface area contributed by atoms with E-state index in [-0.39, 0.29) is 24.2 Å². The van der Waals surface area contributed by atoms with Crippen molar-refractivity contribution in [2.75, 3.05) is 16.5 Å². The normalized spacial score (nSPS) is 15.6. The van der Waals surface area contributed by atoms with Crippen molar-refractivity contribution in [3.05, 3.63) is 65.3 Å². The molecule has 4 N–H and O–H groups in total. The number of carbonyl (C=O) groups excluding carboxylic acids is 2. The first kappa shape index (κ1) is 18.1. The molecular formula is C20H18ClN5O2. The molecule has 0 spiro atoms. The molecule has 28 heavy (non-hydrogen) atoms. The molecule has 1 aliphatic rings. The molecule has 0 fully saturated rings. The summed E-state index contributed by atoms with van der Waals surface area (Å²) in [4.78, 5) is 29.3. The van der Waals surface area contributed by atoms with Crippen molar-refractivity contribution < 1.29 is 9.59 Å². The summed E-state index contributed by atoms with van der Waals surface area (Å²) in [5, 5.41) is 3.30. The van der Waals surface area contributed by atoms with Gasteiger partial charge in [0, 0.05) is 29.1 Å². The summed E-state index contributed by atoms with van der Waals surface area (Å²) in [6, 6.07) is 16.5. The molecule has 4 rings (SSSR count). The molecule has 0 saturated heterocycles. The molecule has 0 bridgehead atoms. The van der Waals surface area contributed by atoms with E-state index >= 15 is 0 Å². The first-order valence-electron chi connectivity index (χ1n) is 8.80. The molecule has 1 aliphatic heterocycles. The third-order valence-electron chi connectivity index (χ3n) is 4.62. The van der Waals surface area contributed by atoms with Crippen molar-refractivity contribution >= 4 is 35.1 Å². The number of nitrogens with one attached hydrogen (secondary N) is 2. The molecule has 3 aromatic rings. The van der Waals surface area contributed by atoms with E-state index in [1.165, 1.54) is 4.68 Å². The second-order valence-electron chi connectivity index (χ2n) is 6.61. The van der Waals surface area contributed by atoms with Crippen LogP contribution in [-0.2, 0) is 16.0 Å². The number of fused-ring (bicyclic) bond motifs is 1. The van der Waals surface area contributed by atoms with Crippen LogP contribution < -0.4 is 16.5 Å². The Labute approximate surface area is 166 Å². The van der Waals surface area contributed by atoms with Crippen LogP contribution in [0.25, 0.3) is 11.3 Å². The number of hydrogen-bond donors (Lipinski definition) is 3. The predicted molar refractivity (Wildman–Crippen MR) is 108 cm³/mol. The Morgan fingerprint density at radius 1 is 1.25 bits per heavy atom. The number of imidazole rings is 1. The zero-order valence-electron chi connectivity index (χ0n) is 14.9. The Bertz CT molecular complexity index is 1050. The number of benzene rings is 2. The summed E-state index contributed by atoms with van der Waals surface area (Å²) in [6.45, 7) is 0. The molecule has 1 atom stereocenters. The highest BCUT2D eigenvalue weighted by Gasteiger charge is 2.32. The summed E-state index contributed by atoms with van der Waals surface area (Å²) in [5.74, 6) is -0.837. The molecular weight excluding hydrogens is 378 g/mol. The van der Waals surface area contributed by atoms with Crippen LogP contribution in [0, 0.1) is 5.92 Å². The molecule has 7 nitrogen and oxygen atoms in total. The molecule has 2 aromatic carbocycles. The topological polar surface area (TPSA) is 102 Å². The van der Waals surface area contributed by atoms with Gasteiger partial charge in [-0.3, -0.25) is 15.0 Å². The summed E-state index contributed by atoms with van der Waals surface area (Å²) in [7, 11) is 0. The van der Waals surface area contributed by atoms with Crippen molar-refractivity contribution in [3.8, 4) is 11.3 Å². The number of nitrogens with zero attached hydrogens (tertiary/aromatic N) is 2. The minimum Gasteiger partial charge on any atom is -0.368 e. The van der Waals surface area contributed by atoms with Crippen LogP contribution in [0.3, 0.4) is 0 Å². The van der Waals surface area contributed by atoms with E-state index in [0.29, 0.717) is 22.8 Å². The van der Waals surface area contributed by atoms with Gasteiger partial charge in [-0.15, -0.1) is 0 Å². The molecule has 142 valence electrons. The number of aromatic nitrogens is 2. The Balaban J connectivity index is 1.54. The standard InChI is InChI=1S/C20H18ClN5O2/c21-14-7-4-8-15(11-14)23-17(27)10-13-9-16-18(12-5-2-1-3-6-12)24-20(22)26(16)25-19(13)28/h1-8,11,13H,9-10H2,(H2,22,24)(H,23,27)(H,25,28). The monoisotopic (exact) mass is 395 g/mol. The maximum atomic E-state index is 12.5. The fraction of sp³-hybridized carbons (Fsp3) is 0.150. The third-order valence-corrected chi connectivity index (χ3v) is 4.85. The van der Waals surface area contributed by atoms with Gasteiger partial charge in [-0.1, -0.05) is 48.0 Å². The number of amides is 2. The van der Waals surface area contributed by atoms with E-state index in [9.17, 15) is 9.59 Å². The number of rotatable bonds is 4. The average Bonchev–Trinajstić information content (AvgIpc) is 2.98. The lowest BCUT2D eigenvalue weighted by Crippen LogP contribution is -2.39. The van der Waals surface area contributed by atoms with Gasteiger partial charge in [0.1, 0.15) is 0 Å². The van der Waals surface area contributed by atoms with Crippen LogP contribution >= 0.6 is 11.6 Å². The van der Waals surface area contributed by atoms with E-state index in [4.69, 9.17) is 17.3 Å². The van der Waals surface area contributed by atoms with Crippen LogP contribution in [0.5, 0.6) is 0 Å². The van der Waals surface area contributed by atoms with Gasteiger partial charge in [-0.2, -0.15) is 0 Å². The van der Waals surface area contributed by atoms with E-state index in [1.54, 1.807) is 24.3 Å². The zero-order valence-corrected chi connectivity index (χ0v) is 15.6. The summed E-state index contributed by atoms with van der Waals surface area (Å²) in [5.41, 5.74) is 11.7. The number of nitrogen functional groups attached to an aromatic ring is 1. The lowest BCUT2D eigenvalue weighted by atomic mass is 9.94. The Morgan fingerprint density at radius 2 is 2.04 bits per heavy atom. The minimum absolute atomic E-state index is 0.0393. The minimum atomic E-state index is -0.523. The fourth-order valence-electron chi connectivity index (χ4n) is 3.31. The highest BCUT2D eigenvalue weighted by atomic mass is 35.5. The summed E-state index contributed by atoms with van der Waals surface area (Å²) < 4.78 is 1.50. The Kier molecular flexibility index (Phi) is 4.75. The zero-order chi connectivity index (χ0) is 19.7. The first-order valence-corrected chi connectivity index (χ1v) is 9.18. The van der Waals surface area contributed by atoms with Crippen LogP contribution in [0.1, 0.15) is 12.1 Å². The summed E-state index contributed by atoms with van der Waals surface area (Å²) in [6.07, 6.45) is 0.404. The van der Waals surface area contributed by atoms with Gasteiger partial charge in [0.25, 0.3) is 0 Å². The molecule has 2 amide bonds. The van der Waals surface area contributed by atoms with Crippen LogP contribution in [0.2, 0.25) is 5.02 Å². The number of hydrogen-bond acceptors (Lipinski definition) is 4. The van der Waals surface area contributed by atoms with Crippen molar-refractivity contribution in [3.63, 3.8) is 0 Å². The largest absolute Gasteiger partial charge is 0.368 e. The second kappa shape index (κ2) is 7.36. The number of nitrogens with two attached hydrogens (primary N) is 1. The quantitative estimate of drug-likeness (QED) is 0.631. The van der Waals surface area contributed by atoms with Gasteiger partial charge in [0.15, 0.2) is 0 Å². The number of carbonyl (C=O) groups is 2. The summed E-state index contributed by atoms with van der Waals surface area (Å²) >= 11 is 5.94. The highest BCUT2D eigenvalue weighted by molar-refractivity contribution is 6.30. The lowest BCUT2D eigenvalue weighted by Gasteiger charge is -2.24. The van der Waals surface area contributed by atoms with E-state index in [2.05, 4.69) is 15.7 Å². The maximum Gasteiger partial charge on any atom is 0.242 e. The van der Waals surface area contributed by atoms with Crippen molar-refractivity contribution in [1.29, 1.82) is 0 Å². The molecule has 0 saturated carbocycles. The molecule has 1 aromatic heterocycles. The van der Waals surface area contributed by atoms with Crippen LogP contribution in [-0.4, -0.2) is 21.5 Å². The third kappa shape index (κ3) is 3.57. The molecule has 8 heteroatoms. The SMILES string of the molecule is Nc1nc(-c2ccccc2)c2n1NC(=O)C(CC(=O)Nc1cccc(Cl)c1)C2. The maximum absolute atomic E-state index is 12.5. The van der Waals surface area contributed by atoms with Gasteiger partial charge < -0.3 is 11.1 Å². The van der Waals surface area contributed by atoms with Crippen molar-refractivity contribution in [2.24, 2.45) is 5.92 Å². The van der Waals surface area contributed by atoms with E-state index in [0.717, 1.165) is 11.3 Å².